The van der Waals surface area contributed by atoms with Crippen LogP contribution in [0.15, 0.2) is 35.8 Å². The number of hydrogen-bond acceptors (Lipinski definition) is 5. The molecule has 132 valence electrons. The molecular formula is C18H22N4O2S. The molecule has 1 N–H and O–H groups in total. The Balaban J connectivity index is 1.70. The molecule has 2 aromatic heterocycles. The summed E-state index contributed by atoms with van der Waals surface area (Å²) in [5.74, 6) is 0.661. The zero-order valence-electron chi connectivity index (χ0n) is 14.8. The largest absolute Gasteiger partial charge is 0.497 e. The normalized spacial score (nSPS) is 12.5. The van der Waals surface area contributed by atoms with E-state index in [1.807, 2.05) is 55.1 Å². The van der Waals surface area contributed by atoms with E-state index in [4.69, 9.17) is 4.74 Å². The summed E-state index contributed by atoms with van der Waals surface area (Å²) >= 11 is 1.53. The molecule has 1 aromatic carbocycles. The number of fused-ring (bicyclic) bond motifs is 1. The van der Waals surface area contributed by atoms with Gasteiger partial charge in [-0.25, -0.2) is 4.98 Å². The molecule has 0 bridgehead atoms. The smallest absolute Gasteiger partial charge is 0.271 e. The Labute approximate surface area is 151 Å². The number of hydrogen-bond donors (Lipinski definition) is 1. The third-order valence-electron chi connectivity index (χ3n) is 4.20. The van der Waals surface area contributed by atoms with Crippen LogP contribution in [0.2, 0.25) is 0 Å². The summed E-state index contributed by atoms with van der Waals surface area (Å²) < 4.78 is 7.14. The molecule has 0 fully saturated rings. The first-order valence-electron chi connectivity index (χ1n) is 8.01. The molecule has 0 spiro atoms. The second kappa shape index (κ2) is 7.25. The van der Waals surface area contributed by atoms with E-state index in [1.54, 1.807) is 13.3 Å². The Kier molecular flexibility index (Phi) is 5.06. The minimum absolute atomic E-state index is 0.0697. The number of nitrogens with zero attached hydrogens (tertiary/aromatic N) is 3. The lowest BCUT2D eigenvalue weighted by molar-refractivity contribution is 0.0937. The highest BCUT2D eigenvalue weighted by molar-refractivity contribution is 7.15. The maximum Gasteiger partial charge on any atom is 0.271 e. The number of aryl methyl sites for hydroxylation is 1. The summed E-state index contributed by atoms with van der Waals surface area (Å²) in [5.41, 5.74) is 2.64. The van der Waals surface area contributed by atoms with Crippen molar-refractivity contribution in [3.05, 3.63) is 52.8 Å². The fourth-order valence-electron chi connectivity index (χ4n) is 2.71. The van der Waals surface area contributed by atoms with Gasteiger partial charge < -0.3 is 15.0 Å². The van der Waals surface area contributed by atoms with Crippen LogP contribution in [0.5, 0.6) is 5.75 Å². The van der Waals surface area contributed by atoms with E-state index < -0.39 is 0 Å². The van der Waals surface area contributed by atoms with E-state index in [2.05, 4.69) is 15.2 Å². The number of thiazole rings is 1. The van der Waals surface area contributed by atoms with Crippen molar-refractivity contribution < 1.29 is 9.53 Å². The van der Waals surface area contributed by atoms with E-state index in [1.165, 1.54) is 11.3 Å². The van der Waals surface area contributed by atoms with Crippen LogP contribution < -0.4 is 10.1 Å². The molecule has 0 radical (unpaired) electrons. The summed E-state index contributed by atoms with van der Waals surface area (Å²) in [6.07, 6.45) is 1.79. The number of likely N-dealkylation sites (N-methyl/N-ethyl adjacent to an activating group) is 1. The Morgan fingerprint density at radius 3 is 2.68 bits per heavy atom. The van der Waals surface area contributed by atoms with Gasteiger partial charge in [0.2, 0.25) is 0 Å². The number of benzene rings is 1. The van der Waals surface area contributed by atoms with Crippen LogP contribution in [0.1, 0.15) is 27.8 Å². The van der Waals surface area contributed by atoms with Gasteiger partial charge in [0.25, 0.3) is 5.91 Å². The zero-order valence-corrected chi connectivity index (χ0v) is 15.6. The second-order valence-corrected chi connectivity index (χ2v) is 6.95. The average molecular weight is 358 g/mol. The van der Waals surface area contributed by atoms with Crippen LogP contribution in [0.4, 0.5) is 0 Å². The van der Waals surface area contributed by atoms with Crippen molar-refractivity contribution in [3.63, 3.8) is 0 Å². The molecule has 0 aliphatic rings. The summed E-state index contributed by atoms with van der Waals surface area (Å²) in [5, 5.41) is 5.02. The Hall–Kier alpha value is -2.38. The summed E-state index contributed by atoms with van der Waals surface area (Å²) in [6, 6.07) is 7.97. The van der Waals surface area contributed by atoms with Gasteiger partial charge in [-0.05, 0) is 38.7 Å². The van der Waals surface area contributed by atoms with Crippen molar-refractivity contribution in [2.75, 3.05) is 27.7 Å². The highest BCUT2D eigenvalue weighted by Gasteiger charge is 2.18. The van der Waals surface area contributed by atoms with E-state index >= 15 is 0 Å². The second-order valence-electron chi connectivity index (χ2n) is 6.12. The number of methoxy groups -OCH3 is 1. The Morgan fingerprint density at radius 2 is 2.08 bits per heavy atom. The molecule has 3 aromatic rings. The molecule has 0 aliphatic carbocycles. The SMILES string of the molecule is COc1ccc(C(CNC(=O)c2cn3c(C)csc3n2)N(C)C)cc1. The number of aromatic nitrogens is 2. The fourth-order valence-corrected chi connectivity index (χ4v) is 3.56. The third-order valence-corrected chi connectivity index (χ3v) is 5.16. The number of amides is 1. The van der Waals surface area contributed by atoms with Crippen molar-refractivity contribution in [2.45, 2.75) is 13.0 Å². The lowest BCUT2D eigenvalue weighted by Crippen LogP contribution is -2.34. The van der Waals surface area contributed by atoms with Crippen molar-refractivity contribution in [1.29, 1.82) is 0 Å². The van der Waals surface area contributed by atoms with Gasteiger partial charge in [0, 0.05) is 23.8 Å². The van der Waals surface area contributed by atoms with Gasteiger partial charge in [0.1, 0.15) is 11.4 Å². The maximum atomic E-state index is 12.5. The minimum atomic E-state index is -0.157. The fraction of sp³-hybridized carbons (Fsp3) is 0.333. The highest BCUT2D eigenvalue weighted by Crippen LogP contribution is 2.21. The first-order valence-corrected chi connectivity index (χ1v) is 8.89. The topological polar surface area (TPSA) is 58.9 Å². The first-order chi connectivity index (χ1) is 12.0. The third kappa shape index (κ3) is 3.67. The zero-order chi connectivity index (χ0) is 18.0. The molecule has 1 unspecified atom stereocenters. The molecule has 6 nitrogen and oxygen atoms in total. The molecular weight excluding hydrogens is 336 g/mol. The summed E-state index contributed by atoms with van der Waals surface area (Å²) in [7, 11) is 5.64. The van der Waals surface area contributed by atoms with Gasteiger partial charge >= 0.3 is 0 Å². The number of ether oxygens (including phenoxy) is 1. The lowest BCUT2D eigenvalue weighted by Gasteiger charge is -2.25. The van der Waals surface area contributed by atoms with Gasteiger partial charge in [0.05, 0.1) is 13.2 Å². The van der Waals surface area contributed by atoms with Crippen molar-refractivity contribution in [1.82, 2.24) is 19.6 Å². The average Bonchev–Trinajstić information content (AvgIpc) is 3.17. The minimum Gasteiger partial charge on any atom is -0.497 e. The van der Waals surface area contributed by atoms with Crippen LogP contribution in [-0.2, 0) is 0 Å². The van der Waals surface area contributed by atoms with E-state index in [0.29, 0.717) is 12.2 Å². The molecule has 1 amide bonds. The van der Waals surface area contributed by atoms with Crippen LogP contribution >= 0.6 is 11.3 Å². The van der Waals surface area contributed by atoms with Crippen LogP contribution in [0.3, 0.4) is 0 Å². The number of carbonyl (C=O) groups is 1. The summed E-state index contributed by atoms with van der Waals surface area (Å²) in [6.45, 7) is 2.50. The standard InChI is InChI=1S/C18H22N4O2S/c1-12-11-25-18-20-15(10-22(12)18)17(23)19-9-16(21(2)3)13-5-7-14(24-4)8-6-13/h5-8,10-11,16H,9H2,1-4H3,(H,19,23). The van der Waals surface area contributed by atoms with E-state index in [-0.39, 0.29) is 11.9 Å². The van der Waals surface area contributed by atoms with E-state index in [9.17, 15) is 4.79 Å². The maximum absolute atomic E-state index is 12.5. The molecule has 25 heavy (non-hydrogen) atoms. The molecule has 0 saturated carbocycles. The van der Waals surface area contributed by atoms with Crippen molar-refractivity contribution in [2.24, 2.45) is 0 Å². The summed E-state index contributed by atoms with van der Waals surface area (Å²) in [4.78, 5) is 19.8. The van der Waals surface area contributed by atoms with Crippen molar-refractivity contribution >= 4 is 22.2 Å². The molecule has 0 saturated heterocycles. The number of rotatable bonds is 6. The molecule has 3 rings (SSSR count). The van der Waals surface area contributed by atoms with Crippen LogP contribution in [0.25, 0.3) is 4.96 Å². The Morgan fingerprint density at radius 1 is 1.36 bits per heavy atom. The van der Waals surface area contributed by atoms with Crippen molar-refractivity contribution in [3.8, 4) is 5.75 Å². The molecule has 7 heteroatoms. The predicted molar refractivity (Wildman–Crippen MR) is 99.6 cm³/mol. The van der Waals surface area contributed by atoms with Gasteiger partial charge in [-0.1, -0.05) is 12.1 Å². The highest BCUT2D eigenvalue weighted by atomic mass is 32.1. The number of imidazole rings is 1. The van der Waals surface area contributed by atoms with Gasteiger partial charge in [-0.15, -0.1) is 11.3 Å². The van der Waals surface area contributed by atoms with Crippen LogP contribution in [0, 0.1) is 6.92 Å². The Bertz CT molecular complexity index is 867. The number of carbonyl (C=O) groups excluding carboxylic acids is 1. The van der Waals surface area contributed by atoms with E-state index in [0.717, 1.165) is 22.0 Å². The molecule has 1 atom stereocenters. The first kappa shape index (κ1) is 17.4. The molecule has 0 aliphatic heterocycles. The predicted octanol–water partition coefficient (Wildman–Crippen LogP) is 2.75. The number of nitrogens with one attached hydrogen (secondary N) is 1. The van der Waals surface area contributed by atoms with Gasteiger partial charge in [-0.2, -0.15) is 0 Å². The quantitative estimate of drug-likeness (QED) is 0.736. The van der Waals surface area contributed by atoms with Crippen LogP contribution in [-0.4, -0.2) is 47.9 Å². The van der Waals surface area contributed by atoms with Gasteiger partial charge in [0.15, 0.2) is 4.96 Å². The lowest BCUT2D eigenvalue weighted by atomic mass is 10.1. The molecule has 2 heterocycles. The monoisotopic (exact) mass is 358 g/mol. The van der Waals surface area contributed by atoms with Gasteiger partial charge in [-0.3, -0.25) is 9.20 Å².